The van der Waals surface area contributed by atoms with Crippen molar-refractivity contribution >= 4 is 17.6 Å². The van der Waals surface area contributed by atoms with Crippen molar-refractivity contribution in [3.63, 3.8) is 0 Å². The summed E-state index contributed by atoms with van der Waals surface area (Å²) in [5, 5.41) is 12.3. The highest BCUT2D eigenvalue weighted by atomic mass is 35.5. The maximum Gasteiger partial charge on any atom is 0.317 e. The lowest BCUT2D eigenvalue weighted by atomic mass is 9.96. The Morgan fingerprint density at radius 3 is 2.76 bits per heavy atom. The number of aliphatic hydroxyl groups is 1. The van der Waals surface area contributed by atoms with E-state index in [1.807, 2.05) is 0 Å². The molecule has 1 aliphatic rings. The number of benzene rings is 1. The molecule has 2 N–H and O–H groups in total. The van der Waals surface area contributed by atoms with Gasteiger partial charge in [0.05, 0.1) is 12.6 Å². The lowest BCUT2D eigenvalue weighted by Crippen LogP contribution is -2.46. The van der Waals surface area contributed by atoms with Crippen LogP contribution < -0.4 is 5.32 Å². The summed E-state index contributed by atoms with van der Waals surface area (Å²) in [4.78, 5) is 13.5. The van der Waals surface area contributed by atoms with Crippen molar-refractivity contribution in [1.82, 2.24) is 10.2 Å². The fourth-order valence-electron chi connectivity index (χ4n) is 2.30. The molecule has 0 saturated heterocycles. The smallest absolute Gasteiger partial charge is 0.317 e. The molecule has 0 aromatic heterocycles. The molecule has 6 heteroatoms. The van der Waals surface area contributed by atoms with E-state index < -0.39 is 0 Å². The fourth-order valence-corrected chi connectivity index (χ4v) is 2.67. The van der Waals surface area contributed by atoms with Crippen LogP contribution in [-0.4, -0.2) is 42.3 Å². The molecule has 0 radical (unpaired) electrons. The number of carbonyl (C=O) groups is 1. The summed E-state index contributed by atoms with van der Waals surface area (Å²) in [6, 6.07) is 3.91. The minimum atomic E-state index is -0.361. The van der Waals surface area contributed by atoms with Crippen LogP contribution in [0.3, 0.4) is 0 Å². The Kier molecular flexibility index (Phi) is 4.74. The summed E-state index contributed by atoms with van der Waals surface area (Å²) < 4.78 is 13.1. The number of amides is 2. The van der Waals surface area contributed by atoms with Crippen LogP contribution in [0.5, 0.6) is 0 Å². The summed E-state index contributed by atoms with van der Waals surface area (Å²) in [6.45, 7) is 2.14. The Bertz CT molecular complexity index is 534. The van der Waals surface area contributed by atoms with E-state index in [4.69, 9.17) is 16.7 Å². The van der Waals surface area contributed by atoms with E-state index in [9.17, 15) is 9.18 Å². The lowest BCUT2D eigenvalue weighted by Gasteiger charge is -2.25. The topological polar surface area (TPSA) is 52.6 Å². The normalized spacial score (nSPS) is 17.2. The molecule has 1 aromatic carbocycles. The van der Waals surface area contributed by atoms with Crippen molar-refractivity contribution in [2.24, 2.45) is 0 Å². The van der Waals surface area contributed by atoms with E-state index >= 15 is 0 Å². The molecule has 1 saturated carbocycles. The number of hydrogen-bond acceptors (Lipinski definition) is 2. The van der Waals surface area contributed by atoms with E-state index in [1.54, 1.807) is 20.0 Å². The summed E-state index contributed by atoms with van der Waals surface area (Å²) >= 11 is 6.11. The van der Waals surface area contributed by atoms with Crippen LogP contribution in [-0.2, 0) is 5.41 Å². The van der Waals surface area contributed by atoms with Gasteiger partial charge in [0.2, 0.25) is 0 Å². The quantitative estimate of drug-likeness (QED) is 0.877. The molecule has 21 heavy (non-hydrogen) atoms. The van der Waals surface area contributed by atoms with Gasteiger partial charge in [-0.15, -0.1) is 0 Å². The maximum atomic E-state index is 13.1. The predicted molar refractivity (Wildman–Crippen MR) is 80.0 cm³/mol. The van der Waals surface area contributed by atoms with Gasteiger partial charge in [0.15, 0.2) is 0 Å². The predicted octanol–water partition coefficient (Wildman–Crippen LogP) is 2.53. The van der Waals surface area contributed by atoms with Gasteiger partial charge in [-0.2, -0.15) is 0 Å². The van der Waals surface area contributed by atoms with Gasteiger partial charge in [-0.1, -0.05) is 17.7 Å². The Hall–Kier alpha value is -1.33. The molecule has 4 nitrogen and oxygen atoms in total. The number of likely N-dealkylation sites (N-methyl/N-ethyl adjacent to an activating group) is 1. The first kappa shape index (κ1) is 16.0. The SMILES string of the molecule is CC(CO)N(C)C(=O)NCC1(c2ccc(F)cc2Cl)CC1. The van der Waals surface area contributed by atoms with Crippen LogP contribution in [0, 0.1) is 5.82 Å². The van der Waals surface area contributed by atoms with Crippen molar-refractivity contribution in [3.05, 3.63) is 34.6 Å². The first-order chi connectivity index (χ1) is 9.89. The zero-order chi connectivity index (χ0) is 15.6. The molecule has 1 unspecified atom stereocenters. The minimum absolute atomic E-state index is 0.0845. The second-order valence-corrected chi connectivity index (χ2v) is 6.11. The monoisotopic (exact) mass is 314 g/mol. The van der Waals surface area contributed by atoms with E-state index in [2.05, 4.69) is 5.32 Å². The molecule has 0 aliphatic heterocycles. The molecule has 0 spiro atoms. The number of hydrogen-bond donors (Lipinski definition) is 2. The second kappa shape index (κ2) is 6.20. The van der Waals surface area contributed by atoms with Crippen molar-refractivity contribution < 1.29 is 14.3 Å². The molecule has 116 valence electrons. The molecule has 2 rings (SSSR count). The Labute approximate surface area is 128 Å². The second-order valence-electron chi connectivity index (χ2n) is 5.71. The van der Waals surface area contributed by atoms with Gasteiger partial charge in [-0.3, -0.25) is 0 Å². The van der Waals surface area contributed by atoms with E-state index in [1.165, 1.54) is 17.0 Å². The molecule has 1 aliphatic carbocycles. The van der Waals surface area contributed by atoms with Crippen molar-refractivity contribution in [2.75, 3.05) is 20.2 Å². The lowest BCUT2D eigenvalue weighted by molar-refractivity contribution is 0.157. The number of nitrogens with one attached hydrogen (secondary N) is 1. The van der Waals surface area contributed by atoms with Crippen molar-refractivity contribution in [1.29, 1.82) is 0 Å². The summed E-state index contributed by atoms with van der Waals surface area (Å²) in [5.74, 6) is -0.361. The standard InChI is InChI=1S/C15H20ClFN2O2/c1-10(8-20)19(2)14(21)18-9-15(5-6-15)12-4-3-11(17)7-13(12)16/h3-4,7,10,20H,5-6,8-9H2,1-2H3,(H,18,21). The highest BCUT2D eigenvalue weighted by Crippen LogP contribution is 2.50. The van der Waals surface area contributed by atoms with Crippen LogP contribution in [0.1, 0.15) is 25.3 Å². The third-order valence-electron chi connectivity index (χ3n) is 4.18. The van der Waals surface area contributed by atoms with Gasteiger partial charge in [-0.25, -0.2) is 9.18 Å². The molecule has 1 aromatic rings. The van der Waals surface area contributed by atoms with E-state index in [-0.39, 0.29) is 29.9 Å². The van der Waals surface area contributed by atoms with Crippen molar-refractivity contribution in [3.8, 4) is 0 Å². The third kappa shape index (κ3) is 3.47. The van der Waals surface area contributed by atoms with Crippen LogP contribution >= 0.6 is 11.6 Å². The zero-order valence-corrected chi connectivity index (χ0v) is 13.0. The van der Waals surface area contributed by atoms with E-state index in [0.717, 1.165) is 18.4 Å². The zero-order valence-electron chi connectivity index (χ0n) is 12.2. The van der Waals surface area contributed by atoms with Gasteiger partial charge in [0, 0.05) is 24.0 Å². The Morgan fingerprint density at radius 1 is 1.57 bits per heavy atom. The fraction of sp³-hybridized carbons (Fsp3) is 0.533. The molecule has 2 amide bonds. The van der Waals surface area contributed by atoms with Crippen LogP contribution in [0.25, 0.3) is 0 Å². The summed E-state index contributed by atoms with van der Waals surface area (Å²) in [5.41, 5.74) is 0.688. The number of urea groups is 1. The summed E-state index contributed by atoms with van der Waals surface area (Å²) in [6.07, 6.45) is 1.83. The highest BCUT2D eigenvalue weighted by molar-refractivity contribution is 6.31. The molecular formula is C15H20ClFN2O2. The summed E-state index contributed by atoms with van der Waals surface area (Å²) in [7, 11) is 1.64. The molecular weight excluding hydrogens is 295 g/mol. The van der Waals surface area contributed by atoms with Gasteiger partial charge < -0.3 is 15.3 Å². The Balaban J connectivity index is 2.01. The molecule has 0 heterocycles. The van der Waals surface area contributed by atoms with Crippen LogP contribution in [0.2, 0.25) is 5.02 Å². The maximum absolute atomic E-state index is 13.1. The number of aliphatic hydroxyl groups excluding tert-OH is 1. The van der Waals surface area contributed by atoms with Gasteiger partial charge in [-0.05, 0) is 37.5 Å². The number of carbonyl (C=O) groups excluding carboxylic acids is 1. The van der Waals surface area contributed by atoms with Gasteiger partial charge in [0.1, 0.15) is 5.82 Å². The average molecular weight is 315 g/mol. The Morgan fingerprint density at radius 2 is 2.24 bits per heavy atom. The highest BCUT2D eigenvalue weighted by Gasteiger charge is 2.45. The molecule has 1 fully saturated rings. The van der Waals surface area contributed by atoms with Gasteiger partial charge >= 0.3 is 6.03 Å². The minimum Gasteiger partial charge on any atom is -0.394 e. The number of halogens is 2. The van der Waals surface area contributed by atoms with Crippen LogP contribution in [0.4, 0.5) is 9.18 Å². The first-order valence-electron chi connectivity index (χ1n) is 6.97. The number of nitrogens with zero attached hydrogens (tertiary/aromatic N) is 1. The van der Waals surface area contributed by atoms with E-state index in [0.29, 0.717) is 11.6 Å². The third-order valence-corrected chi connectivity index (χ3v) is 4.49. The van der Waals surface area contributed by atoms with Crippen molar-refractivity contribution in [2.45, 2.75) is 31.2 Å². The van der Waals surface area contributed by atoms with Gasteiger partial charge in [0.25, 0.3) is 0 Å². The largest absolute Gasteiger partial charge is 0.394 e. The number of rotatable bonds is 5. The molecule has 0 bridgehead atoms. The molecule has 1 atom stereocenters. The average Bonchev–Trinajstić information content (AvgIpc) is 3.24. The van der Waals surface area contributed by atoms with Crippen LogP contribution in [0.15, 0.2) is 18.2 Å². The first-order valence-corrected chi connectivity index (χ1v) is 7.34.